The number of carbonyl (C=O) groups excluding carboxylic acids is 1. The summed E-state index contributed by atoms with van der Waals surface area (Å²) in [6.07, 6.45) is 0. The Hall–Kier alpha value is -5.04. The van der Waals surface area contributed by atoms with Gasteiger partial charge in [-0.3, -0.25) is 9.89 Å². The number of aromatic nitrogens is 2. The molecule has 0 saturated heterocycles. The Morgan fingerprint density at radius 2 is 1.61 bits per heavy atom. The summed E-state index contributed by atoms with van der Waals surface area (Å²) in [4.78, 5) is 15.7. The van der Waals surface area contributed by atoms with Crippen LogP contribution in [-0.4, -0.2) is 33.2 Å². The number of hydrogen-bond acceptors (Lipinski definition) is 5. The molecule has 0 aliphatic carbocycles. The number of methoxy groups -OCH3 is 1. The van der Waals surface area contributed by atoms with Crippen molar-refractivity contribution in [3.8, 4) is 28.5 Å². The van der Waals surface area contributed by atoms with Gasteiger partial charge in [0.05, 0.1) is 13.2 Å². The van der Waals surface area contributed by atoms with Crippen molar-refractivity contribution in [1.82, 2.24) is 15.1 Å². The van der Waals surface area contributed by atoms with Gasteiger partial charge in [-0.2, -0.15) is 5.10 Å². The molecular weight excluding hydrogens is 514 g/mol. The van der Waals surface area contributed by atoms with Crippen molar-refractivity contribution in [1.29, 1.82) is 0 Å². The zero-order valence-electron chi connectivity index (χ0n) is 23.2. The quantitative estimate of drug-likeness (QED) is 0.226. The molecule has 0 radical (unpaired) electrons. The molecule has 7 nitrogen and oxygen atoms in total. The molecule has 2 heterocycles. The molecule has 0 saturated carbocycles. The van der Waals surface area contributed by atoms with Gasteiger partial charge in [-0.1, -0.05) is 60.7 Å². The monoisotopic (exact) mass is 545 g/mol. The van der Waals surface area contributed by atoms with E-state index in [1.165, 1.54) is 0 Å². The van der Waals surface area contributed by atoms with Gasteiger partial charge in [0.15, 0.2) is 0 Å². The molecule has 7 heteroatoms. The molecule has 6 rings (SSSR count). The smallest absolute Gasteiger partial charge is 0.273 e. The standard InChI is InChI=1S/C34H31N3O4/c1-21-17-22(2)33(38)28(18-21)30-29-31(36-35-30)34(39)37(19-23-9-13-26(40-3)14-10-23)32(29)25-11-15-27(16-12-25)41-20-24-7-5-4-6-8-24/h4-18,32,38H,19-20H2,1-3H3,(H,35,36). The number of rotatable bonds is 8. The Morgan fingerprint density at radius 1 is 0.902 bits per heavy atom. The number of aromatic amines is 1. The summed E-state index contributed by atoms with van der Waals surface area (Å²) < 4.78 is 11.3. The molecule has 1 aromatic heterocycles. The van der Waals surface area contributed by atoms with Crippen molar-refractivity contribution < 1.29 is 19.4 Å². The largest absolute Gasteiger partial charge is 0.507 e. The first-order valence-corrected chi connectivity index (χ1v) is 13.5. The average Bonchev–Trinajstić information content (AvgIpc) is 3.54. The van der Waals surface area contributed by atoms with E-state index in [2.05, 4.69) is 10.2 Å². The molecule has 1 amide bonds. The van der Waals surface area contributed by atoms with Gasteiger partial charge in [-0.05, 0) is 72.0 Å². The Kier molecular flexibility index (Phi) is 6.93. The molecule has 4 aromatic carbocycles. The summed E-state index contributed by atoms with van der Waals surface area (Å²) in [5.74, 6) is 1.51. The molecule has 0 fully saturated rings. The maximum atomic E-state index is 13.8. The first-order chi connectivity index (χ1) is 19.9. The van der Waals surface area contributed by atoms with Crippen molar-refractivity contribution in [3.63, 3.8) is 0 Å². The van der Waals surface area contributed by atoms with Crippen LogP contribution < -0.4 is 9.47 Å². The highest BCUT2D eigenvalue weighted by Crippen LogP contribution is 2.46. The van der Waals surface area contributed by atoms with Crippen LogP contribution in [0.2, 0.25) is 0 Å². The summed E-state index contributed by atoms with van der Waals surface area (Å²) in [5.41, 5.74) is 7.10. The van der Waals surface area contributed by atoms with E-state index < -0.39 is 6.04 Å². The number of H-pyrrole nitrogens is 1. The second-order valence-corrected chi connectivity index (χ2v) is 10.4. The topological polar surface area (TPSA) is 87.7 Å². The lowest BCUT2D eigenvalue weighted by Gasteiger charge is -2.27. The predicted octanol–water partition coefficient (Wildman–Crippen LogP) is 6.73. The fourth-order valence-electron chi connectivity index (χ4n) is 5.47. The molecule has 1 aliphatic rings. The number of phenolic OH excluding ortho intramolecular Hbond substituents is 1. The van der Waals surface area contributed by atoms with E-state index in [9.17, 15) is 9.90 Å². The molecule has 2 N–H and O–H groups in total. The highest BCUT2D eigenvalue weighted by molar-refractivity contribution is 6.00. The van der Waals surface area contributed by atoms with E-state index in [1.54, 1.807) is 7.11 Å². The molecule has 0 bridgehead atoms. The van der Waals surface area contributed by atoms with Crippen molar-refractivity contribution >= 4 is 5.91 Å². The summed E-state index contributed by atoms with van der Waals surface area (Å²) in [6.45, 7) is 4.70. The summed E-state index contributed by atoms with van der Waals surface area (Å²) in [7, 11) is 1.63. The second-order valence-electron chi connectivity index (χ2n) is 10.4. The number of amides is 1. The van der Waals surface area contributed by atoms with Crippen LogP contribution in [0, 0.1) is 13.8 Å². The summed E-state index contributed by atoms with van der Waals surface area (Å²) >= 11 is 0. The number of carbonyl (C=O) groups is 1. The van der Waals surface area contributed by atoms with E-state index in [4.69, 9.17) is 9.47 Å². The van der Waals surface area contributed by atoms with Crippen LogP contribution in [0.15, 0.2) is 91.0 Å². The first-order valence-electron chi connectivity index (χ1n) is 13.5. The minimum absolute atomic E-state index is 0.146. The molecule has 41 heavy (non-hydrogen) atoms. The van der Waals surface area contributed by atoms with Gasteiger partial charge < -0.3 is 19.5 Å². The van der Waals surface area contributed by atoms with Crippen molar-refractivity contribution in [2.45, 2.75) is 33.0 Å². The lowest BCUT2D eigenvalue weighted by atomic mass is 9.94. The molecule has 5 aromatic rings. The molecule has 1 unspecified atom stereocenters. The Bertz CT molecular complexity index is 1690. The minimum Gasteiger partial charge on any atom is -0.507 e. The predicted molar refractivity (Wildman–Crippen MR) is 157 cm³/mol. The van der Waals surface area contributed by atoms with Gasteiger partial charge in [-0.15, -0.1) is 0 Å². The van der Waals surface area contributed by atoms with E-state index in [-0.39, 0.29) is 11.7 Å². The number of aryl methyl sites for hydroxylation is 2. The fraction of sp³-hybridized carbons (Fsp3) is 0.176. The van der Waals surface area contributed by atoms with E-state index in [0.29, 0.717) is 30.1 Å². The maximum Gasteiger partial charge on any atom is 0.273 e. The Labute approximate surface area is 239 Å². The molecule has 0 spiro atoms. The van der Waals surface area contributed by atoms with E-state index in [0.717, 1.165) is 44.9 Å². The number of fused-ring (bicyclic) bond motifs is 1. The van der Waals surface area contributed by atoms with Gasteiger partial charge in [0.1, 0.15) is 35.2 Å². The normalized spacial score (nSPS) is 14.3. The van der Waals surface area contributed by atoms with Crippen LogP contribution in [0.5, 0.6) is 17.2 Å². The van der Waals surface area contributed by atoms with Crippen molar-refractivity contribution in [2.75, 3.05) is 7.11 Å². The van der Waals surface area contributed by atoms with Crippen LogP contribution in [0.4, 0.5) is 0 Å². The van der Waals surface area contributed by atoms with Crippen LogP contribution in [0.25, 0.3) is 11.3 Å². The zero-order valence-corrected chi connectivity index (χ0v) is 23.2. The van der Waals surface area contributed by atoms with Crippen LogP contribution in [0.1, 0.15) is 49.9 Å². The van der Waals surface area contributed by atoms with Crippen LogP contribution in [0.3, 0.4) is 0 Å². The lowest BCUT2D eigenvalue weighted by Crippen LogP contribution is -2.29. The lowest BCUT2D eigenvalue weighted by molar-refractivity contribution is 0.0730. The van der Waals surface area contributed by atoms with Crippen LogP contribution in [-0.2, 0) is 13.2 Å². The van der Waals surface area contributed by atoms with Crippen LogP contribution >= 0.6 is 0 Å². The second kappa shape index (κ2) is 10.8. The van der Waals surface area contributed by atoms with Gasteiger partial charge in [0.2, 0.25) is 0 Å². The molecule has 206 valence electrons. The average molecular weight is 546 g/mol. The number of benzene rings is 4. The SMILES string of the molecule is COc1ccc(CN2C(=O)c3[nH]nc(-c4cc(C)cc(C)c4O)c3C2c2ccc(OCc3ccccc3)cc2)cc1. The molecule has 1 atom stereocenters. The third-order valence-electron chi connectivity index (χ3n) is 7.52. The maximum absolute atomic E-state index is 13.8. The number of aromatic hydroxyl groups is 1. The number of nitrogens with zero attached hydrogens (tertiary/aromatic N) is 2. The Morgan fingerprint density at radius 3 is 2.32 bits per heavy atom. The van der Waals surface area contributed by atoms with Crippen molar-refractivity contribution in [3.05, 3.63) is 130 Å². The third kappa shape index (κ3) is 5.02. The van der Waals surface area contributed by atoms with Gasteiger partial charge >= 0.3 is 0 Å². The number of hydrogen-bond donors (Lipinski definition) is 2. The highest BCUT2D eigenvalue weighted by Gasteiger charge is 2.42. The van der Waals surface area contributed by atoms with E-state index >= 15 is 0 Å². The molecule has 1 aliphatic heterocycles. The summed E-state index contributed by atoms with van der Waals surface area (Å²) in [6, 6.07) is 29.0. The third-order valence-corrected chi connectivity index (χ3v) is 7.52. The zero-order chi connectivity index (χ0) is 28.5. The first kappa shape index (κ1) is 26.2. The van der Waals surface area contributed by atoms with Gasteiger partial charge in [0.25, 0.3) is 5.91 Å². The van der Waals surface area contributed by atoms with Gasteiger partial charge in [-0.25, -0.2) is 0 Å². The number of ether oxygens (including phenoxy) is 2. The van der Waals surface area contributed by atoms with Crippen molar-refractivity contribution in [2.24, 2.45) is 0 Å². The Balaban J connectivity index is 1.39. The number of nitrogens with one attached hydrogen (secondary N) is 1. The van der Waals surface area contributed by atoms with Gasteiger partial charge in [0, 0.05) is 17.7 Å². The minimum atomic E-state index is -0.420. The van der Waals surface area contributed by atoms with E-state index in [1.807, 2.05) is 110 Å². The summed E-state index contributed by atoms with van der Waals surface area (Å²) in [5, 5.41) is 18.5. The highest BCUT2D eigenvalue weighted by atomic mass is 16.5. The fourth-order valence-corrected chi connectivity index (χ4v) is 5.47. The number of phenols is 1. The molecular formula is C34H31N3O4.